The number of likely N-dealkylation sites (tertiary alicyclic amines) is 1. The Labute approximate surface area is 255 Å². The summed E-state index contributed by atoms with van der Waals surface area (Å²) in [4.78, 5) is 7.47. The summed E-state index contributed by atoms with van der Waals surface area (Å²) in [6.45, 7) is 11.6. The average molecular weight is 615 g/mol. The molecule has 2 aliphatic heterocycles. The first-order valence-electron chi connectivity index (χ1n) is 14.5. The van der Waals surface area contributed by atoms with Crippen molar-refractivity contribution in [2.45, 2.75) is 69.1 Å². The molecule has 0 bridgehead atoms. The predicted molar refractivity (Wildman–Crippen MR) is 170 cm³/mol. The first-order valence-corrected chi connectivity index (χ1v) is 16.4. The summed E-state index contributed by atoms with van der Waals surface area (Å²) in [5, 5.41) is -0.136. The molecule has 0 amide bonds. The van der Waals surface area contributed by atoms with Crippen molar-refractivity contribution >= 4 is 21.4 Å². The highest BCUT2D eigenvalue weighted by atomic mass is 35.5. The maximum Gasteiger partial charge on any atom is 0.181 e. The number of aryl methyl sites for hydroxylation is 1. The van der Waals surface area contributed by atoms with E-state index in [9.17, 15) is 8.42 Å². The standard InChI is InChI=1S/C32H39ClN2O4S.H4N2/c1-20(2)40(36,37)30-9-7-6-8-24(30)25-18-29(34-19-28(25)33)26-16-21(3)31(27-17-22(4)39-32(26)27)23-10-12-35(13-11-23)14-15-38-5;1-2/h6-9,16,18-20,22-23H,10-15,17H2,1-5H3;1-2H2. The SMILES string of the molecule is COCCN1CCC(c2c(C)cc(-c3cc(-c4ccccc4S(=O)(=O)C(C)C)c(Cl)cn3)c3c2CC(C)O3)CC1.NN. The molecule has 1 atom stereocenters. The van der Waals surface area contributed by atoms with Gasteiger partial charge in [-0.15, -0.1) is 0 Å². The van der Waals surface area contributed by atoms with E-state index in [1.165, 1.54) is 16.7 Å². The van der Waals surface area contributed by atoms with E-state index in [1.54, 1.807) is 39.3 Å². The molecule has 0 radical (unpaired) electrons. The monoisotopic (exact) mass is 614 g/mol. The van der Waals surface area contributed by atoms with Crippen molar-refractivity contribution in [3.8, 4) is 28.1 Å². The minimum absolute atomic E-state index is 0.0831. The lowest BCUT2D eigenvalue weighted by Gasteiger charge is -2.33. The number of benzene rings is 2. The Hall–Kier alpha value is -2.53. The van der Waals surface area contributed by atoms with Crippen molar-refractivity contribution in [1.82, 2.24) is 9.88 Å². The normalized spacial score (nSPS) is 17.5. The number of ether oxygens (including phenoxy) is 2. The molecule has 8 nitrogen and oxygen atoms in total. The minimum Gasteiger partial charge on any atom is -0.489 e. The molecule has 42 heavy (non-hydrogen) atoms. The van der Waals surface area contributed by atoms with Crippen LogP contribution < -0.4 is 16.4 Å². The summed E-state index contributed by atoms with van der Waals surface area (Å²) in [6, 6.07) is 11.2. The molecule has 2 aliphatic rings. The van der Waals surface area contributed by atoms with Gasteiger partial charge < -0.3 is 14.4 Å². The molecular formula is C32H43ClN4O4S. The number of aromatic nitrogens is 1. The number of methoxy groups -OCH3 is 1. The highest BCUT2D eigenvalue weighted by molar-refractivity contribution is 7.92. The van der Waals surface area contributed by atoms with Gasteiger partial charge in [0.05, 0.1) is 27.5 Å². The van der Waals surface area contributed by atoms with E-state index in [4.69, 9.17) is 26.1 Å². The fraction of sp³-hybridized carbons (Fsp3) is 0.469. The topological polar surface area (TPSA) is 121 Å². The Morgan fingerprint density at radius 1 is 1.12 bits per heavy atom. The van der Waals surface area contributed by atoms with E-state index in [0.29, 0.717) is 22.1 Å². The summed E-state index contributed by atoms with van der Waals surface area (Å²) >= 11 is 6.66. The zero-order chi connectivity index (χ0) is 30.6. The third-order valence-corrected chi connectivity index (χ3v) is 10.8. The van der Waals surface area contributed by atoms with Gasteiger partial charge in [0.1, 0.15) is 11.9 Å². The van der Waals surface area contributed by atoms with Gasteiger partial charge in [-0.25, -0.2) is 8.42 Å². The Morgan fingerprint density at radius 3 is 2.48 bits per heavy atom. The second-order valence-corrected chi connectivity index (χ2v) is 14.2. The summed E-state index contributed by atoms with van der Waals surface area (Å²) in [7, 11) is -1.76. The third-order valence-electron chi connectivity index (χ3n) is 8.28. The number of nitrogens with two attached hydrogens (primary N) is 2. The quantitative estimate of drug-likeness (QED) is 0.251. The summed E-state index contributed by atoms with van der Waals surface area (Å²) in [6.07, 6.45) is 4.82. The van der Waals surface area contributed by atoms with Crippen molar-refractivity contribution < 1.29 is 17.9 Å². The van der Waals surface area contributed by atoms with Crippen LogP contribution in [-0.4, -0.2) is 63.0 Å². The van der Waals surface area contributed by atoms with Crippen LogP contribution in [0, 0.1) is 6.92 Å². The van der Waals surface area contributed by atoms with Crippen molar-refractivity contribution in [2.24, 2.45) is 11.7 Å². The maximum atomic E-state index is 13.2. The van der Waals surface area contributed by atoms with Gasteiger partial charge in [-0.2, -0.15) is 0 Å². The number of pyridine rings is 1. The molecule has 3 aromatic rings. The van der Waals surface area contributed by atoms with Gasteiger partial charge in [0.25, 0.3) is 0 Å². The Balaban J connectivity index is 0.00000198. The molecule has 228 valence electrons. The van der Waals surface area contributed by atoms with Crippen LogP contribution in [0.2, 0.25) is 5.02 Å². The average Bonchev–Trinajstić information content (AvgIpc) is 3.38. The van der Waals surface area contributed by atoms with Crippen molar-refractivity contribution in [2.75, 3.05) is 33.4 Å². The number of fused-ring (bicyclic) bond motifs is 1. The number of hydrogen-bond donors (Lipinski definition) is 2. The zero-order valence-corrected chi connectivity index (χ0v) is 26.8. The molecule has 1 unspecified atom stereocenters. The molecule has 4 N–H and O–H groups in total. The minimum atomic E-state index is -3.52. The lowest BCUT2D eigenvalue weighted by atomic mass is 9.81. The van der Waals surface area contributed by atoms with Crippen LogP contribution in [0.1, 0.15) is 56.2 Å². The van der Waals surface area contributed by atoms with E-state index < -0.39 is 15.1 Å². The lowest BCUT2D eigenvalue weighted by Crippen LogP contribution is -2.35. The van der Waals surface area contributed by atoms with E-state index in [0.717, 1.165) is 62.5 Å². The number of hydrogen-bond acceptors (Lipinski definition) is 8. The van der Waals surface area contributed by atoms with Gasteiger partial charge in [0.15, 0.2) is 9.84 Å². The summed E-state index contributed by atoms with van der Waals surface area (Å²) < 4.78 is 38.1. The fourth-order valence-electron chi connectivity index (χ4n) is 6.16. The van der Waals surface area contributed by atoms with Gasteiger partial charge in [0.2, 0.25) is 0 Å². The molecule has 10 heteroatoms. The number of halogens is 1. The van der Waals surface area contributed by atoms with Gasteiger partial charge >= 0.3 is 0 Å². The van der Waals surface area contributed by atoms with Crippen LogP contribution in [0.5, 0.6) is 5.75 Å². The maximum absolute atomic E-state index is 13.2. The second kappa shape index (κ2) is 13.8. The molecule has 5 rings (SSSR count). The number of hydrazine groups is 1. The molecule has 1 aromatic heterocycles. The molecular weight excluding hydrogens is 572 g/mol. The van der Waals surface area contributed by atoms with E-state index in [-0.39, 0.29) is 11.0 Å². The van der Waals surface area contributed by atoms with E-state index >= 15 is 0 Å². The Morgan fingerprint density at radius 2 is 1.81 bits per heavy atom. The lowest BCUT2D eigenvalue weighted by molar-refractivity contribution is 0.130. The van der Waals surface area contributed by atoms with Gasteiger partial charge in [-0.3, -0.25) is 16.7 Å². The van der Waals surface area contributed by atoms with Crippen LogP contribution in [0.15, 0.2) is 47.5 Å². The first-order chi connectivity index (χ1) is 20.1. The van der Waals surface area contributed by atoms with Crippen LogP contribution in [0.25, 0.3) is 22.4 Å². The molecule has 0 spiro atoms. The van der Waals surface area contributed by atoms with Gasteiger partial charge in [0, 0.05) is 48.5 Å². The van der Waals surface area contributed by atoms with Crippen LogP contribution in [0.3, 0.4) is 0 Å². The summed E-state index contributed by atoms with van der Waals surface area (Å²) in [5.74, 6) is 9.40. The van der Waals surface area contributed by atoms with E-state index in [2.05, 4.69) is 36.5 Å². The highest BCUT2D eigenvalue weighted by Crippen LogP contribution is 2.47. The Bertz CT molecular complexity index is 1500. The van der Waals surface area contributed by atoms with Crippen LogP contribution >= 0.6 is 11.6 Å². The molecule has 0 aliphatic carbocycles. The third kappa shape index (κ3) is 6.51. The molecule has 1 fully saturated rings. The van der Waals surface area contributed by atoms with Crippen molar-refractivity contribution in [3.63, 3.8) is 0 Å². The van der Waals surface area contributed by atoms with E-state index in [1.807, 2.05) is 18.2 Å². The fourth-order valence-corrected chi connectivity index (χ4v) is 7.62. The largest absolute Gasteiger partial charge is 0.489 e. The Kier molecular flexibility index (Phi) is 10.7. The smallest absolute Gasteiger partial charge is 0.181 e. The van der Waals surface area contributed by atoms with Crippen LogP contribution in [0.4, 0.5) is 0 Å². The number of nitrogens with zero attached hydrogens (tertiary/aromatic N) is 2. The number of piperidine rings is 1. The molecule has 3 heterocycles. The highest BCUT2D eigenvalue weighted by Gasteiger charge is 2.32. The molecule has 1 saturated heterocycles. The van der Waals surface area contributed by atoms with Crippen molar-refractivity contribution in [1.29, 1.82) is 0 Å². The van der Waals surface area contributed by atoms with Crippen molar-refractivity contribution in [3.05, 3.63) is 64.3 Å². The second-order valence-electron chi connectivity index (χ2n) is 11.3. The zero-order valence-electron chi connectivity index (χ0n) is 25.2. The molecule has 2 aromatic carbocycles. The molecule has 0 saturated carbocycles. The van der Waals surface area contributed by atoms with Crippen LogP contribution in [-0.2, 0) is 21.0 Å². The number of rotatable bonds is 8. The summed E-state index contributed by atoms with van der Waals surface area (Å²) in [5.41, 5.74) is 6.87. The number of sulfone groups is 1. The predicted octanol–water partition coefficient (Wildman–Crippen LogP) is 5.53. The first kappa shape index (κ1) is 32.4. The van der Waals surface area contributed by atoms with Gasteiger partial charge in [-0.1, -0.05) is 29.8 Å². The van der Waals surface area contributed by atoms with Gasteiger partial charge in [-0.05, 0) is 88.9 Å².